The van der Waals surface area contributed by atoms with E-state index < -0.39 is 0 Å². The molecular formula is C22H26N2O3. The molecule has 27 heavy (non-hydrogen) atoms. The molecule has 0 radical (unpaired) electrons. The molecule has 0 saturated carbocycles. The lowest BCUT2D eigenvalue weighted by Crippen LogP contribution is -2.38. The SMILES string of the molecule is COc1ccc([C@H]2N(Cc3ccccc3)C(=O)C3CCCCN32)cc1OC. The van der Waals surface area contributed by atoms with Gasteiger partial charge in [-0.3, -0.25) is 9.69 Å². The Labute approximate surface area is 160 Å². The number of nitrogens with zero attached hydrogens (tertiary/aromatic N) is 2. The number of methoxy groups -OCH3 is 2. The van der Waals surface area contributed by atoms with E-state index >= 15 is 0 Å². The van der Waals surface area contributed by atoms with Crippen LogP contribution in [0.25, 0.3) is 0 Å². The fraction of sp³-hybridized carbons (Fsp3) is 0.409. The summed E-state index contributed by atoms with van der Waals surface area (Å²) in [5.74, 6) is 1.64. The first-order valence-electron chi connectivity index (χ1n) is 9.55. The van der Waals surface area contributed by atoms with Gasteiger partial charge in [0, 0.05) is 13.1 Å². The quantitative estimate of drug-likeness (QED) is 0.811. The van der Waals surface area contributed by atoms with E-state index in [2.05, 4.69) is 17.0 Å². The fourth-order valence-corrected chi connectivity index (χ4v) is 4.33. The maximum Gasteiger partial charge on any atom is 0.241 e. The molecule has 0 spiro atoms. The van der Waals surface area contributed by atoms with Crippen LogP contribution in [0.2, 0.25) is 0 Å². The second kappa shape index (κ2) is 7.61. The maximum atomic E-state index is 13.2. The van der Waals surface area contributed by atoms with Crippen molar-refractivity contribution >= 4 is 5.91 Å². The van der Waals surface area contributed by atoms with Gasteiger partial charge in [0.25, 0.3) is 0 Å². The zero-order valence-electron chi connectivity index (χ0n) is 15.9. The zero-order chi connectivity index (χ0) is 18.8. The van der Waals surface area contributed by atoms with Crippen LogP contribution in [-0.2, 0) is 11.3 Å². The fourth-order valence-electron chi connectivity index (χ4n) is 4.33. The van der Waals surface area contributed by atoms with Gasteiger partial charge in [0.05, 0.1) is 20.3 Å². The Bertz CT molecular complexity index is 808. The number of hydrogen-bond acceptors (Lipinski definition) is 4. The second-order valence-electron chi connectivity index (χ2n) is 7.19. The minimum absolute atomic E-state index is 0.0134. The van der Waals surface area contributed by atoms with Crippen LogP contribution in [0.1, 0.15) is 36.6 Å². The molecule has 0 aromatic heterocycles. The monoisotopic (exact) mass is 366 g/mol. The zero-order valence-corrected chi connectivity index (χ0v) is 15.9. The van der Waals surface area contributed by atoms with Crippen LogP contribution in [0, 0.1) is 0 Å². The molecule has 0 N–H and O–H groups in total. The van der Waals surface area contributed by atoms with Crippen molar-refractivity contribution in [1.29, 1.82) is 0 Å². The number of carbonyl (C=O) groups excluding carboxylic acids is 1. The molecule has 2 fully saturated rings. The molecule has 4 rings (SSSR count). The van der Waals surface area contributed by atoms with E-state index in [1.165, 1.54) is 0 Å². The van der Waals surface area contributed by atoms with Crippen molar-refractivity contribution in [1.82, 2.24) is 9.80 Å². The number of hydrogen-bond donors (Lipinski definition) is 0. The molecule has 5 heteroatoms. The molecular weight excluding hydrogens is 340 g/mol. The number of ether oxygens (including phenoxy) is 2. The molecule has 2 atom stereocenters. The molecule has 2 aromatic rings. The summed E-state index contributed by atoms with van der Waals surface area (Å²) in [5.41, 5.74) is 2.22. The number of piperidine rings is 1. The highest BCUT2D eigenvalue weighted by Crippen LogP contribution is 2.41. The summed E-state index contributed by atoms with van der Waals surface area (Å²) in [7, 11) is 3.28. The molecule has 142 valence electrons. The standard InChI is InChI=1S/C22H26N2O3/c1-26-19-12-11-17(14-20(19)27-2)21-23-13-7-6-10-18(23)22(25)24(21)15-16-8-4-3-5-9-16/h3-5,8-9,11-12,14,18,21H,6-7,10,13,15H2,1-2H3/t18?,21-/m1/s1. The predicted octanol–water partition coefficient (Wildman–Crippen LogP) is 3.60. The summed E-state index contributed by atoms with van der Waals surface area (Å²) >= 11 is 0. The van der Waals surface area contributed by atoms with E-state index in [1.807, 2.05) is 41.3 Å². The van der Waals surface area contributed by atoms with Crippen molar-refractivity contribution < 1.29 is 14.3 Å². The minimum atomic E-state index is -0.0668. The van der Waals surface area contributed by atoms with Gasteiger partial charge in [-0.1, -0.05) is 42.8 Å². The highest BCUT2D eigenvalue weighted by molar-refractivity contribution is 5.84. The molecule has 2 aliphatic rings. The predicted molar refractivity (Wildman–Crippen MR) is 104 cm³/mol. The lowest BCUT2D eigenvalue weighted by atomic mass is 10.0. The minimum Gasteiger partial charge on any atom is -0.493 e. The molecule has 2 aliphatic heterocycles. The Morgan fingerprint density at radius 3 is 2.52 bits per heavy atom. The smallest absolute Gasteiger partial charge is 0.241 e. The van der Waals surface area contributed by atoms with Gasteiger partial charge in [-0.2, -0.15) is 0 Å². The third-order valence-electron chi connectivity index (χ3n) is 5.62. The van der Waals surface area contributed by atoms with E-state index in [4.69, 9.17) is 9.47 Å². The van der Waals surface area contributed by atoms with Crippen molar-refractivity contribution in [3.63, 3.8) is 0 Å². The molecule has 1 amide bonds. The average Bonchev–Trinajstić information content (AvgIpc) is 3.00. The molecule has 0 aliphatic carbocycles. The summed E-state index contributed by atoms with van der Waals surface area (Å²) in [6.45, 7) is 1.56. The molecule has 2 heterocycles. The molecule has 1 unspecified atom stereocenters. The van der Waals surface area contributed by atoms with Crippen LogP contribution < -0.4 is 9.47 Å². The molecule has 2 aromatic carbocycles. The third-order valence-corrected chi connectivity index (χ3v) is 5.62. The Morgan fingerprint density at radius 1 is 1.00 bits per heavy atom. The number of carbonyl (C=O) groups is 1. The second-order valence-corrected chi connectivity index (χ2v) is 7.19. The van der Waals surface area contributed by atoms with E-state index in [1.54, 1.807) is 14.2 Å². The number of fused-ring (bicyclic) bond motifs is 1. The van der Waals surface area contributed by atoms with E-state index in [9.17, 15) is 4.79 Å². The summed E-state index contributed by atoms with van der Waals surface area (Å²) in [6, 6.07) is 16.2. The molecule has 0 bridgehead atoms. The Kier molecular flexibility index (Phi) is 5.03. The first kappa shape index (κ1) is 17.9. The maximum absolute atomic E-state index is 13.2. The lowest BCUT2D eigenvalue weighted by molar-refractivity contribution is -0.131. The van der Waals surface area contributed by atoms with Gasteiger partial charge >= 0.3 is 0 Å². The van der Waals surface area contributed by atoms with E-state index in [0.29, 0.717) is 18.0 Å². The van der Waals surface area contributed by atoms with Crippen molar-refractivity contribution in [3.05, 3.63) is 59.7 Å². The van der Waals surface area contributed by atoms with Crippen LogP contribution in [0.3, 0.4) is 0 Å². The van der Waals surface area contributed by atoms with Gasteiger partial charge in [-0.05, 0) is 36.1 Å². The highest BCUT2D eigenvalue weighted by Gasteiger charge is 2.47. The van der Waals surface area contributed by atoms with Gasteiger partial charge < -0.3 is 14.4 Å². The van der Waals surface area contributed by atoms with Crippen LogP contribution in [0.5, 0.6) is 11.5 Å². The van der Waals surface area contributed by atoms with Gasteiger partial charge in [0.15, 0.2) is 11.5 Å². The van der Waals surface area contributed by atoms with Crippen molar-refractivity contribution in [2.75, 3.05) is 20.8 Å². The largest absolute Gasteiger partial charge is 0.493 e. The Morgan fingerprint density at radius 2 is 1.78 bits per heavy atom. The van der Waals surface area contributed by atoms with Crippen LogP contribution in [0.4, 0.5) is 0 Å². The normalized spacial score (nSPS) is 22.6. The van der Waals surface area contributed by atoms with Crippen molar-refractivity contribution in [3.8, 4) is 11.5 Å². The van der Waals surface area contributed by atoms with Gasteiger partial charge in [-0.25, -0.2) is 0 Å². The summed E-state index contributed by atoms with van der Waals surface area (Å²) in [4.78, 5) is 17.6. The number of amides is 1. The first-order valence-corrected chi connectivity index (χ1v) is 9.55. The molecule has 2 saturated heterocycles. The van der Waals surface area contributed by atoms with E-state index in [0.717, 1.165) is 36.9 Å². The third kappa shape index (κ3) is 3.28. The average molecular weight is 366 g/mol. The first-order chi connectivity index (χ1) is 13.2. The topological polar surface area (TPSA) is 42.0 Å². The Hall–Kier alpha value is -2.53. The van der Waals surface area contributed by atoms with Crippen molar-refractivity contribution in [2.45, 2.75) is 38.0 Å². The summed E-state index contributed by atoms with van der Waals surface area (Å²) in [6.07, 6.45) is 3.12. The van der Waals surface area contributed by atoms with Gasteiger partial charge in [-0.15, -0.1) is 0 Å². The van der Waals surface area contributed by atoms with Crippen LogP contribution >= 0.6 is 0 Å². The van der Waals surface area contributed by atoms with E-state index in [-0.39, 0.29) is 18.1 Å². The van der Waals surface area contributed by atoms with Crippen molar-refractivity contribution in [2.24, 2.45) is 0 Å². The van der Waals surface area contributed by atoms with Crippen LogP contribution in [-0.4, -0.2) is 42.5 Å². The highest BCUT2D eigenvalue weighted by atomic mass is 16.5. The number of rotatable bonds is 5. The summed E-state index contributed by atoms with van der Waals surface area (Å²) < 4.78 is 10.9. The number of benzene rings is 2. The van der Waals surface area contributed by atoms with Crippen LogP contribution in [0.15, 0.2) is 48.5 Å². The lowest BCUT2D eigenvalue weighted by Gasteiger charge is -2.34. The molecule has 5 nitrogen and oxygen atoms in total. The van der Waals surface area contributed by atoms with Gasteiger partial charge in [0.2, 0.25) is 5.91 Å². The summed E-state index contributed by atoms with van der Waals surface area (Å²) in [5, 5.41) is 0. The Balaban J connectivity index is 1.72. The van der Waals surface area contributed by atoms with Gasteiger partial charge in [0.1, 0.15) is 6.17 Å².